The number of hydrogen-bond donors (Lipinski definition) is 4. The van der Waals surface area contributed by atoms with E-state index in [9.17, 15) is 15.0 Å². The fraction of sp³-hybridized carbons (Fsp3) is 0.316. The van der Waals surface area contributed by atoms with Gasteiger partial charge in [0, 0.05) is 39.9 Å². The maximum Gasteiger partial charge on any atom is 0.211 e. The first-order valence-corrected chi connectivity index (χ1v) is 8.11. The molecule has 0 aromatic heterocycles. The van der Waals surface area contributed by atoms with E-state index in [1.165, 1.54) is 11.6 Å². The van der Waals surface area contributed by atoms with Crippen LogP contribution in [0, 0.1) is 0 Å². The minimum Gasteiger partial charge on any atom is -0.506 e. The van der Waals surface area contributed by atoms with Crippen molar-refractivity contribution in [3.05, 3.63) is 53.6 Å². The molecular formula is C19H24N2O4Pb. The number of rotatable bonds is 9. The molecule has 26 heavy (non-hydrogen) atoms. The van der Waals surface area contributed by atoms with Gasteiger partial charge in [-0.1, -0.05) is 18.2 Å². The molecule has 7 heteroatoms. The van der Waals surface area contributed by atoms with Crippen LogP contribution in [0.25, 0.3) is 0 Å². The predicted octanol–water partition coefficient (Wildman–Crippen LogP) is 1.84. The van der Waals surface area contributed by atoms with Gasteiger partial charge in [-0.15, -0.1) is 0 Å². The van der Waals surface area contributed by atoms with Crippen molar-refractivity contribution >= 4 is 39.4 Å². The summed E-state index contributed by atoms with van der Waals surface area (Å²) in [6, 6.07) is 12.7. The number of aliphatic hydroxyl groups is 1. The number of anilines is 1. The van der Waals surface area contributed by atoms with Crippen LogP contribution in [0.1, 0.15) is 24.2 Å². The molecule has 0 aliphatic carbocycles. The van der Waals surface area contributed by atoms with E-state index < -0.39 is 6.10 Å². The first-order chi connectivity index (χ1) is 12.0. The number of hydrogen-bond acceptors (Lipinski definition) is 5. The van der Waals surface area contributed by atoms with Gasteiger partial charge in [0.05, 0.1) is 18.9 Å². The minimum absolute atomic E-state index is 0. The molecular weight excluding hydrogens is 527 g/mol. The second-order valence-electron chi connectivity index (χ2n) is 5.92. The molecule has 0 saturated carbocycles. The van der Waals surface area contributed by atoms with E-state index in [2.05, 4.69) is 10.6 Å². The van der Waals surface area contributed by atoms with E-state index in [0.29, 0.717) is 18.5 Å². The first-order valence-electron chi connectivity index (χ1n) is 8.11. The number of benzene rings is 2. The molecule has 2 aromatic rings. The Morgan fingerprint density at radius 2 is 1.88 bits per heavy atom. The van der Waals surface area contributed by atoms with E-state index in [4.69, 9.17) is 4.74 Å². The van der Waals surface area contributed by atoms with Crippen LogP contribution in [0.4, 0.5) is 5.69 Å². The zero-order chi connectivity index (χ0) is 18.2. The molecule has 2 rings (SSSR count). The van der Waals surface area contributed by atoms with E-state index >= 15 is 0 Å². The van der Waals surface area contributed by atoms with Crippen molar-refractivity contribution in [2.45, 2.75) is 25.5 Å². The van der Waals surface area contributed by atoms with Crippen molar-refractivity contribution in [1.82, 2.24) is 5.32 Å². The number of methoxy groups -OCH3 is 1. The van der Waals surface area contributed by atoms with E-state index in [0.717, 1.165) is 12.2 Å². The zero-order valence-electron chi connectivity index (χ0n) is 14.9. The molecule has 0 saturated heterocycles. The maximum atomic E-state index is 10.5. The number of aliphatic hydroxyl groups excluding tert-OH is 1. The zero-order valence-corrected chi connectivity index (χ0v) is 18.8. The van der Waals surface area contributed by atoms with Crippen LogP contribution in [-0.4, -0.2) is 63.6 Å². The van der Waals surface area contributed by atoms with Crippen LogP contribution in [0.15, 0.2) is 42.5 Å². The second kappa shape index (κ2) is 11.1. The van der Waals surface area contributed by atoms with Gasteiger partial charge < -0.3 is 25.6 Å². The average Bonchev–Trinajstić information content (AvgIpc) is 2.62. The SMILES string of the molecule is COc1ccc(C[C@@H](C)NC[C@H](O)c2ccc(O)c(NC=O)c2)cc1.[Pb]. The molecule has 6 nitrogen and oxygen atoms in total. The minimum atomic E-state index is -0.744. The van der Waals surface area contributed by atoms with Crippen molar-refractivity contribution in [3.63, 3.8) is 0 Å². The fourth-order valence-corrected chi connectivity index (χ4v) is 2.56. The molecule has 2 aromatic carbocycles. The second-order valence-corrected chi connectivity index (χ2v) is 5.92. The molecule has 4 N–H and O–H groups in total. The molecule has 1 amide bonds. The van der Waals surface area contributed by atoms with Gasteiger partial charge in [0.2, 0.25) is 6.41 Å². The number of nitrogens with one attached hydrogen (secondary N) is 2. The van der Waals surface area contributed by atoms with Crippen LogP contribution < -0.4 is 15.4 Å². The Labute approximate surface area is 173 Å². The quantitative estimate of drug-likeness (QED) is 0.217. The third kappa shape index (κ3) is 6.58. The van der Waals surface area contributed by atoms with Crippen molar-refractivity contribution < 1.29 is 19.7 Å². The summed E-state index contributed by atoms with van der Waals surface area (Å²) < 4.78 is 5.14. The van der Waals surface area contributed by atoms with Crippen LogP contribution in [-0.2, 0) is 11.2 Å². The molecule has 0 unspecified atom stereocenters. The third-order valence-corrected chi connectivity index (χ3v) is 3.98. The van der Waals surface area contributed by atoms with Gasteiger partial charge in [-0.2, -0.15) is 0 Å². The molecule has 0 fully saturated rings. The van der Waals surface area contributed by atoms with Gasteiger partial charge in [-0.05, 0) is 48.7 Å². The normalized spacial score (nSPS) is 12.6. The van der Waals surface area contributed by atoms with Crippen LogP contribution in [0.2, 0.25) is 0 Å². The summed E-state index contributed by atoms with van der Waals surface area (Å²) >= 11 is 0. The number of phenolic OH excluding ortho intramolecular Hbond substituents is 1. The summed E-state index contributed by atoms with van der Waals surface area (Å²) in [6.07, 6.45) is 0.566. The molecule has 0 spiro atoms. The molecule has 0 aliphatic heterocycles. The number of carbonyl (C=O) groups excluding carboxylic acids is 1. The Morgan fingerprint density at radius 3 is 2.50 bits per heavy atom. The molecule has 4 radical (unpaired) electrons. The number of phenols is 1. The molecule has 0 heterocycles. The summed E-state index contributed by atoms with van der Waals surface area (Å²) in [6.45, 7) is 2.41. The smallest absolute Gasteiger partial charge is 0.211 e. The van der Waals surface area contributed by atoms with Crippen molar-refractivity contribution in [2.75, 3.05) is 19.0 Å². The van der Waals surface area contributed by atoms with Gasteiger partial charge in [0.15, 0.2) is 0 Å². The Balaban J connectivity index is 0.00000338. The van der Waals surface area contributed by atoms with Crippen molar-refractivity contribution in [2.24, 2.45) is 0 Å². The van der Waals surface area contributed by atoms with Crippen LogP contribution >= 0.6 is 0 Å². The van der Waals surface area contributed by atoms with E-state index in [1.54, 1.807) is 19.2 Å². The number of ether oxygens (including phenoxy) is 1. The van der Waals surface area contributed by atoms with E-state index in [-0.39, 0.29) is 44.8 Å². The fourth-order valence-electron chi connectivity index (χ4n) is 2.56. The molecule has 138 valence electrons. The largest absolute Gasteiger partial charge is 0.506 e. The maximum absolute atomic E-state index is 10.5. The predicted molar refractivity (Wildman–Crippen MR) is 103 cm³/mol. The Kier molecular flexibility index (Phi) is 9.60. The van der Waals surface area contributed by atoms with Gasteiger partial charge in [-0.25, -0.2) is 0 Å². The monoisotopic (exact) mass is 552 g/mol. The van der Waals surface area contributed by atoms with Gasteiger partial charge >= 0.3 is 0 Å². The van der Waals surface area contributed by atoms with Crippen LogP contribution in [0.3, 0.4) is 0 Å². The molecule has 2 atom stereocenters. The summed E-state index contributed by atoms with van der Waals surface area (Å²) in [5, 5.41) is 25.6. The van der Waals surface area contributed by atoms with Gasteiger partial charge in [-0.3, -0.25) is 4.79 Å². The number of carbonyl (C=O) groups is 1. The Morgan fingerprint density at radius 1 is 1.19 bits per heavy atom. The summed E-state index contributed by atoms with van der Waals surface area (Å²) in [5.41, 5.74) is 2.07. The molecule has 0 bridgehead atoms. The van der Waals surface area contributed by atoms with Crippen LogP contribution in [0.5, 0.6) is 11.5 Å². The van der Waals surface area contributed by atoms with E-state index in [1.807, 2.05) is 31.2 Å². The molecule has 0 aliphatic rings. The summed E-state index contributed by atoms with van der Waals surface area (Å²) in [7, 11) is 1.64. The summed E-state index contributed by atoms with van der Waals surface area (Å²) in [4.78, 5) is 10.5. The third-order valence-electron chi connectivity index (χ3n) is 3.98. The number of amides is 1. The standard InChI is InChI=1S/C19H24N2O4.Pb/c1-13(9-14-3-6-16(25-2)7-4-14)20-11-19(24)15-5-8-18(23)17(10-15)21-12-22;/h3-8,10,12-13,19-20,23-24H,9,11H2,1-2H3,(H,21,22);/t13-,19+;/m1./s1. The number of aromatic hydroxyl groups is 1. The summed E-state index contributed by atoms with van der Waals surface area (Å²) in [5.74, 6) is 0.788. The topological polar surface area (TPSA) is 90.8 Å². The average molecular weight is 552 g/mol. The van der Waals surface area contributed by atoms with Crippen molar-refractivity contribution in [3.8, 4) is 11.5 Å². The van der Waals surface area contributed by atoms with Gasteiger partial charge in [0.1, 0.15) is 11.5 Å². The van der Waals surface area contributed by atoms with Crippen molar-refractivity contribution in [1.29, 1.82) is 0 Å². The van der Waals surface area contributed by atoms with Gasteiger partial charge in [0.25, 0.3) is 0 Å². The first kappa shape index (κ1) is 22.4. The Bertz CT molecular complexity index is 694. The Hall–Kier alpha value is -1.65.